The number of thiol groups is 1. The van der Waals surface area contributed by atoms with E-state index in [9.17, 15) is 0 Å². The lowest BCUT2D eigenvalue weighted by molar-refractivity contribution is 0.552. The van der Waals surface area contributed by atoms with Gasteiger partial charge in [0.15, 0.2) is 0 Å². The van der Waals surface area contributed by atoms with Gasteiger partial charge in [-0.2, -0.15) is 12.6 Å². The molecule has 16 heavy (non-hydrogen) atoms. The van der Waals surface area contributed by atoms with Crippen molar-refractivity contribution in [3.05, 3.63) is 17.7 Å². The molecule has 0 amide bonds. The van der Waals surface area contributed by atoms with Crippen LogP contribution in [0.4, 0.5) is 0 Å². The summed E-state index contributed by atoms with van der Waals surface area (Å²) in [7, 11) is 0. The molecule has 1 aromatic heterocycles. The quantitative estimate of drug-likeness (QED) is 0.595. The van der Waals surface area contributed by atoms with Crippen LogP contribution in [-0.4, -0.2) is 15.3 Å². The van der Waals surface area contributed by atoms with Crippen molar-refractivity contribution in [1.82, 2.24) is 9.55 Å². The Hall–Kier alpha value is -0.440. The van der Waals surface area contributed by atoms with Crippen LogP contribution >= 0.6 is 12.6 Å². The lowest BCUT2D eigenvalue weighted by atomic mass is 10.0. The van der Waals surface area contributed by atoms with Crippen molar-refractivity contribution in [2.24, 2.45) is 0 Å². The summed E-state index contributed by atoms with van der Waals surface area (Å²) in [4.78, 5) is 4.52. The molecule has 0 spiro atoms. The van der Waals surface area contributed by atoms with Gasteiger partial charge in [0.2, 0.25) is 0 Å². The van der Waals surface area contributed by atoms with Crippen molar-refractivity contribution in [1.29, 1.82) is 0 Å². The minimum absolute atomic E-state index is 1.03. The maximum absolute atomic E-state index is 4.52. The molecule has 0 aliphatic heterocycles. The number of imidazole rings is 1. The first-order valence-corrected chi connectivity index (χ1v) is 7.19. The second-order valence-electron chi connectivity index (χ2n) is 4.68. The van der Waals surface area contributed by atoms with E-state index in [0.717, 1.165) is 12.3 Å². The van der Waals surface area contributed by atoms with Gasteiger partial charge in [-0.1, -0.05) is 12.8 Å². The van der Waals surface area contributed by atoms with Crippen LogP contribution in [0, 0.1) is 0 Å². The summed E-state index contributed by atoms with van der Waals surface area (Å²) in [6.45, 7) is 1.16. The molecular formula is C13H22N2S. The van der Waals surface area contributed by atoms with Gasteiger partial charge < -0.3 is 4.57 Å². The third kappa shape index (κ3) is 3.03. The summed E-state index contributed by atoms with van der Waals surface area (Å²) in [6, 6.07) is 0. The summed E-state index contributed by atoms with van der Waals surface area (Å²) in [5.41, 5.74) is 2.88. The van der Waals surface area contributed by atoms with E-state index in [1.807, 2.05) is 0 Å². The molecule has 90 valence electrons. The van der Waals surface area contributed by atoms with Crippen LogP contribution in [0.5, 0.6) is 0 Å². The highest BCUT2D eigenvalue weighted by Gasteiger charge is 2.14. The first-order valence-electron chi connectivity index (χ1n) is 6.55. The number of hydrogen-bond donors (Lipinski definition) is 1. The standard InChI is InChI=1S/C13H22N2S/c16-10-6-2-1-5-9-15-11-14-12-7-3-4-8-13(12)15/h11,16H,1-10H2. The number of aryl methyl sites for hydroxylation is 2. The summed E-state index contributed by atoms with van der Waals surface area (Å²) >= 11 is 4.23. The summed E-state index contributed by atoms with van der Waals surface area (Å²) in [5, 5.41) is 0. The summed E-state index contributed by atoms with van der Waals surface area (Å²) in [5.74, 6) is 1.03. The van der Waals surface area contributed by atoms with E-state index >= 15 is 0 Å². The zero-order valence-corrected chi connectivity index (χ0v) is 10.9. The molecule has 0 saturated heterocycles. The van der Waals surface area contributed by atoms with Crippen molar-refractivity contribution in [2.75, 3.05) is 5.75 Å². The molecule has 0 radical (unpaired) electrons. The Morgan fingerprint density at radius 2 is 1.94 bits per heavy atom. The van der Waals surface area contributed by atoms with E-state index in [1.54, 1.807) is 0 Å². The number of aromatic nitrogens is 2. The molecule has 0 saturated carbocycles. The minimum Gasteiger partial charge on any atom is -0.334 e. The highest BCUT2D eigenvalue weighted by molar-refractivity contribution is 7.80. The van der Waals surface area contributed by atoms with Crippen LogP contribution < -0.4 is 0 Å². The molecule has 1 aliphatic rings. The molecule has 0 atom stereocenters. The van der Waals surface area contributed by atoms with Crippen LogP contribution in [0.1, 0.15) is 49.9 Å². The second kappa shape index (κ2) is 6.33. The SMILES string of the molecule is SCCCCCCn1cnc2c1CCCC2. The smallest absolute Gasteiger partial charge is 0.0951 e. The third-order valence-corrected chi connectivity index (χ3v) is 3.73. The van der Waals surface area contributed by atoms with Crippen LogP contribution in [0.15, 0.2) is 6.33 Å². The van der Waals surface area contributed by atoms with Gasteiger partial charge in [-0.3, -0.25) is 0 Å². The zero-order valence-electron chi connectivity index (χ0n) is 9.99. The van der Waals surface area contributed by atoms with Gasteiger partial charge in [0, 0.05) is 12.2 Å². The van der Waals surface area contributed by atoms with Crippen LogP contribution in [0.3, 0.4) is 0 Å². The molecule has 0 aromatic carbocycles. The van der Waals surface area contributed by atoms with Crippen molar-refractivity contribution >= 4 is 12.6 Å². The van der Waals surface area contributed by atoms with Gasteiger partial charge in [0.25, 0.3) is 0 Å². The fourth-order valence-electron chi connectivity index (χ4n) is 2.47. The average Bonchev–Trinajstić information content (AvgIpc) is 2.73. The van der Waals surface area contributed by atoms with E-state index in [4.69, 9.17) is 0 Å². The number of unbranched alkanes of at least 4 members (excludes halogenated alkanes) is 3. The van der Waals surface area contributed by atoms with Gasteiger partial charge in [0.1, 0.15) is 0 Å². The van der Waals surface area contributed by atoms with Gasteiger partial charge >= 0.3 is 0 Å². The van der Waals surface area contributed by atoms with Gasteiger partial charge in [-0.05, 0) is 44.3 Å². The fourth-order valence-corrected chi connectivity index (χ4v) is 2.69. The largest absolute Gasteiger partial charge is 0.334 e. The average molecular weight is 238 g/mol. The zero-order chi connectivity index (χ0) is 11.2. The molecule has 2 rings (SSSR count). The topological polar surface area (TPSA) is 17.8 Å². The molecule has 0 fully saturated rings. The Kier molecular flexibility index (Phi) is 4.76. The fraction of sp³-hybridized carbons (Fsp3) is 0.769. The molecule has 1 aromatic rings. The Balaban J connectivity index is 1.78. The molecule has 2 nitrogen and oxygen atoms in total. The molecule has 0 unspecified atom stereocenters. The maximum Gasteiger partial charge on any atom is 0.0951 e. The molecule has 1 heterocycles. The first kappa shape index (κ1) is 12.0. The minimum atomic E-state index is 1.03. The van der Waals surface area contributed by atoms with Crippen molar-refractivity contribution in [2.45, 2.75) is 57.9 Å². The van der Waals surface area contributed by atoms with Crippen LogP contribution in [0.2, 0.25) is 0 Å². The van der Waals surface area contributed by atoms with E-state index < -0.39 is 0 Å². The number of rotatable bonds is 6. The lowest BCUT2D eigenvalue weighted by Crippen LogP contribution is -2.08. The van der Waals surface area contributed by atoms with E-state index in [2.05, 4.69) is 28.5 Å². The third-order valence-electron chi connectivity index (χ3n) is 3.42. The normalized spacial score (nSPS) is 15.1. The van der Waals surface area contributed by atoms with Crippen molar-refractivity contribution in [3.8, 4) is 0 Å². The summed E-state index contributed by atoms with van der Waals surface area (Å²) < 4.78 is 2.38. The highest BCUT2D eigenvalue weighted by atomic mass is 32.1. The van der Waals surface area contributed by atoms with Crippen molar-refractivity contribution < 1.29 is 0 Å². The Bertz CT molecular complexity index is 320. The summed E-state index contributed by atoms with van der Waals surface area (Å²) in [6.07, 6.45) is 12.3. The van der Waals surface area contributed by atoms with E-state index in [1.165, 1.54) is 62.8 Å². The molecule has 1 aliphatic carbocycles. The Morgan fingerprint density at radius 1 is 1.12 bits per heavy atom. The van der Waals surface area contributed by atoms with Gasteiger partial charge in [-0.25, -0.2) is 4.98 Å². The highest BCUT2D eigenvalue weighted by Crippen LogP contribution is 2.20. The second-order valence-corrected chi connectivity index (χ2v) is 5.12. The number of nitrogens with zero attached hydrogens (tertiary/aromatic N) is 2. The lowest BCUT2D eigenvalue weighted by Gasteiger charge is -2.13. The van der Waals surface area contributed by atoms with E-state index in [0.29, 0.717) is 0 Å². The molecule has 0 N–H and O–H groups in total. The molecule has 3 heteroatoms. The molecule has 0 bridgehead atoms. The Morgan fingerprint density at radius 3 is 2.81 bits per heavy atom. The monoisotopic (exact) mass is 238 g/mol. The van der Waals surface area contributed by atoms with Gasteiger partial charge in [-0.15, -0.1) is 0 Å². The molecular weight excluding hydrogens is 216 g/mol. The maximum atomic E-state index is 4.52. The first-order chi connectivity index (χ1) is 7.92. The van der Waals surface area contributed by atoms with Gasteiger partial charge in [0.05, 0.1) is 12.0 Å². The van der Waals surface area contributed by atoms with Crippen LogP contribution in [-0.2, 0) is 19.4 Å². The number of hydrogen-bond acceptors (Lipinski definition) is 2. The predicted molar refractivity (Wildman–Crippen MR) is 71.2 cm³/mol. The van der Waals surface area contributed by atoms with Crippen LogP contribution in [0.25, 0.3) is 0 Å². The number of fused-ring (bicyclic) bond motifs is 1. The van der Waals surface area contributed by atoms with E-state index in [-0.39, 0.29) is 0 Å². The Labute approximate surface area is 104 Å². The predicted octanol–water partition coefficient (Wildman–Crippen LogP) is 3.25. The van der Waals surface area contributed by atoms with Crippen molar-refractivity contribution in [3.63, 3.8) is 0 Å².